The number of ether oxygens (including phenoxy) is 1. The van der Waals surface area contributed by atoms with Gasteiger partial charge in [0.05, 0.1) is 6.61 Å². The molecule has 0 saturated heterocycles. The molecule has 0 radical (unpaired) electrons. The van der Waals surface area contributed by atoms with E-state index in [1.165, 1.54) is 0 Å². The van der Waals surface area contributed by atoms with Crippen molar-refractivity contribution < 1.29 is 38.3 Å². The Labute approximate surface area is 76.4 Å². The molecular weight excluding hydrogens is 143 g/mol. The van der Waals surface area contributed by atoms with Gasteiger partial charge in [-0.15, -0.1) is 0 Å². The molecule has 0 unspecified atom stereocenters. The summed E-state index contributed by atoms with van der Waals surface area (Å²) in [6.07, 6.45) is 0.689. The fraction of sp³-hybridized carbons (Fsp3) is 0.333. The van der Waals surface area contributed by atoms with Crippen LogP contribution in [-0.2, 0) is 14.3 Å². The van der Waals surface area contributed by atoms with Crippen LogP contribution >= 0.6 is 0 Å². The predicted octanol–water partition coefficient (Wildman–Crippen LogP) is -4.14. The molecule has 0 rings (SSSR count). The van der Waals surface area contributed by atoms with Gasteiger partial charge in [-0.3, -0.25) is 0 Å². The number of carbonyl (C=O) groups excluding carboxylic acids is 2. The standard InChI is InChI=1S/C6H8O4.Li/c1-2-6(9)10-4-3-5(7)8;/h2H,1,3-4H2,(H,7,8);/q;+1/p-1. The van der Waals surface area contributed by atoms with Crippen molar-refractivity contribution in [2.45, 2.75) is 6.42 Å². The van der Waals surface area contributed by atoms with Gasteiger partial charge in [-0.2, -0.15) is 0 Å². The number of rotatable bonds is 4. The molecule has 5 heteroatoms. The van der Waals surface area contributed by atoms with Crippen molar-refractivity contribution in [2.24, 2.45) is 0 Å². The summed E-state index contributed by atoms with van der Waals surface area (Å²) in [4.78, 5) is 20.0. The van der Waals surface area contributed by atoms with Gasteiger partial charge in [0.25, 0.3) is 0 Å². The maximum Gasteiger partial charge on any atom is 1.00 e. The summed E-state index contributed by atoms with van der Waals surface area (Å²) in [5.74, 6) is -1.86. The molecule has 0 saturated carbocycles. The van der Waals surface area contributed by atoms with Gasteiger partial charge in [0.1, 0.15) is 0 Å². The van der Waals surface area contributed by atoms with Gasteiger partial charge in [0.2, 0.25) is 0 Å². The van der Waals surface area contributed by atoms with Gasteiger partial charge >= 0.3 is 24.8 Å². The molecule has 0 aromatic heterocycles. The largest absolute Gasteiger partial charge is 1.00 e. The molecule has 11 heavy (non-hydrogen) atoms. The van der Waals surface area contributed by atoms with E-state index in [-0.39, 0.29) is 31.9 Å². The molecule has 0 aliphatic carbocycles. The average Bonchev–Trinajstić information content (AvgIpc) is 1.87. The van der Waals surface area contributed by atoms with Crippen LogP contribution in [0.2, 0.25) is 0 Å². The number of hydrogen-bond acceptors (Lipinski definition) is 4. The summed E-state index contributed by atoms with van der Waals surface area (Å²) in [5.41, 5.74) is 0. The zero-order valence-corrected chi connectivity index (χ0v) is 6.33. The van der Waals surface area contributed by atoms with Crippen LogP contribution in [0.25, 0.3) is 0 Å². The minimum absolute atomic E-state index is 0. The van der Waals surface area contributed by atoms with Crippen molar-refractivity contribution in [3.05, 3.63) is 12.7 Å². The van der Waals surface area contributed by atoms with Crippen LogP contribution < -0.4 is 24.0 Å². The predicted molar refractivity (Wildman–Crippen MR) is 30.8 cm³/mol. The zero-order chi connectivity index (χ0) is 7.98. The van der Waals surface area contributed by atoms with Gasteiger partial charge in [-0.1, -0.05) is 6.58 Å². The minimum atomic E-state index is -1.24. The van der Waals surface area contributed by atoms with Crippen molar-refractivity contribution in [3.8, 4) is 0 Å². The van der Waals surface area contributed by atoms with Crippen LogP contribution in [0.5, 0.6) is 0 Å². The van der Waals surface area contributed by atoms with E-state index in [0.717, 1.165) is 6.08 Å². The molecule has 0 heterocycles. The SMILES string of the molecule is C=CC(=O)OCCC(=O)[O-].[Li+]. The van der Waals surface area contributed by atoms with Crippen LogP contribution in [0.3, 0.4) is 0 Å². The van der Waals surface area contributed by atoms with Crippen molar-refractivity contribution >= 4 is 11.9 Å². The molecule has 0 aromatic rings. The van der Waals surface area contributed by atoms with Gasteiger partial charge < -0.3 is 14.6 Å². The zero-order valence-electron chi connectivity index (χ0n) is 6.33. The maximum atomic E-state index is 10.2. The molecule has 0 aromatic carbocycles. The van der Waals surface area contributed by atoms with Gasteiger partial charge in [0.15, 0.2) is 0 Å². The molecule has 56 valence electrons. The number of aliphatic carboxylic acids is 1. The van der Waals surface area contributed by atoms with Gasteiger partial charge in [-0.25, -0.2) is 4.79 Å². The summed E-state index contributed by atoms with van der Waals surface area (Å²) in [7, 11) is 0. The van der Waals surface area contributed by atoms with E-state index in [1.54, 1.807) is 0 Å². The number of esters is 1. The first-order chi connectivity index (χ1) is 4.66. The Bertz CT molecular complexity index is 155. The first-order valence-electron chi connectivity index (χ1n) is 2.66. The molecule has 0 fully saturated rings. The first-order valence-corrected chi connectivity index (χ1v) is 2.66. The van der Waals surface area contributed by atoms with Crippen molar-refractivity contribution in [1.82, 2.24) is 0 Å². The fourth-order valence-corrected chi connectivity index (χ4v) is 0.294. The molecule has 0 atom stereocenters. The van der Waals surface area contributed by atoms with E-state index >= 15 is 0 Å². The monoisotopic (exact) mass is 150 g/mol. The van der Waals surface area contributed by atoms with E-state index in [4.69, 9.17) is 0 Å². The Morgan fingerprint density at radius 1 is 1.55 bits per heavy atom. The molecule has 0 amide bonds. The van der Waals surface area contributed by atoms with Crippen molar-refractivity contribution in [2.75, 3.05) is 6.61 Å². The van der Waals surface area contributed by atoms with Crippen molar-refractivity contribution in [1.29, 1.82) is 0 Å². The van der Waals surface area contributed by atoms with E-state index in [0.29, 0.717) is 0 Å². The quantitative estimate of drug-likeness (QED) is 0.232. The molecular formula is C6H7LiO4. The second kappa shape index (κ2) is 7.39. The molecule has 0 N–H and O–H groups in total. The summed E-state index contributed by atoms with van der Waals surface area (Å²) < 4.78 is 4.32. The molecule has 0 aliphatic rings. The second-order valence-electron chi connectivity index (χ2n) is 1.49. The Hall–Kier alpha value is -0.723. The number of carboxylic acid groups (broad SMARTS) is 1. The third-order valence-electron chi connectivity index (χ3n) is 0.717. The van der Waals surface area contributed by atoms with E-state index in [2.05, 4.69) is 11.3 Å². The van der Waals surface area contributed by atoms with Crippen LogP contribution in [-0.4, -0.2) is 18.5 Å². The van der Waals surface area contributed by atoms with Gasteiger partial charge in [-0.05, 0) is 0 Å². The van der Waals surface area contributed by atoms with E-state index in [9.17, 15) is 14.7 Å². The van der Waals surface area contributed by atoms with Crippen molar-refractivity contribution in [3.63, 3.8) is 0 Å². The summed E-state index contributed by atoms with van der Waals surface area (Å²) in [5, 5.41) is 9.74. The Balaban J connectivity index is 0. The van der Waals surface area contributed by atoms with E-state index < -0.39 is 11.9 Å². The smallest absolute Gasteiger partial charge is 0.550 e. The third-order valence-corrected chi connectivity index (χ3v) is 0.717. The fourth-order valence-electron chi connectivity index (χ4n) is 0.294. The molecule has 0 bridgehead atoms. The average molecular weight is 150 g/mol. The maximum absolute atomic E-state index is 10.2. The van der Waals surface area contributed by atoms with Crippen LogP contribution in [0.15, 0.2) is 12.7 Å². The second-order valence-corrected chi connectivity index (χ2v) is 1.49. The number of carbonyl (C=O) groups is 2. The minimum Gasteiger partial charge on any atom is -0.550 e. The van der Waals surface area contributed by atoms with Crippen LogP contribution in [0.1, 0.15) is 6.42 Å². The summed E-state index contributed by atoms with van der Waals surface area (Å²) in [6.45, 7) is 2.96. The van der Waals surface area contributed by atoms with Crippen LogP contribution in [0.4, 0.5) is 0 Å². The number of carboxylic acids is 1. The van der Waals surface area contributed by atoms with E-state index in [1.807, 2.05) is 0 Å². The molecule has 0 spiro atoms. The topological polar surface area (TPSA) is 66.4 Å². The molecule has 4 nitrogen and oxygen atoms in total. The summed E-state index contributed by atoms with van der Waals surface area (Å²) >= 11 is 0. The summed E-state index contributed by atoms with van der Waals surface area (Å²) in [6, 6.07) is 0. The Kier molecular flexibility index (Phi) is 8.67. The third kappa shape index (κ3) is 9.28. The van der Waals surface area contributed by atoms with Gasteiger partial charge in [0, 0.05) is 18.5 Å². The number of hydrogen-bond donors (Lipinski definition) is 0. The normalized spacial score (nSPS) is 7.64. The Morgan fingerprint density at radius 3 is 2.45 bits per heavy atom. The van der Waals surface area contributed by atoms with Crippen LogP contribution in [0, 0.1) is 0 Å². The molecule has 0 aliphatic heterocycles. The Morgan fingerprint density at radius 2 is 2.09 bits per heavy atom. The first kappa shape index (κ1) is 12.9.